The predicted molar refractivity (Wildman–Crippen MR) is 97.3 cm³/mol. The number of hydrogen-bond acceptors (Lipinski definition) is 4. The molecule has 2 aromatic rings. The zero-order valence-corrected chi connectivity index (χ0v) is 14.8. The third-order valence-corrected chi connectivity index (χ3v) is 5.15. The minimum Gasteiger partial charge on any atom is -0.379 e. The van der Waals surface area contributed by atoms with Gasteiger partial charge in [-0.2, -0.15) is 0 Å². The molecule has 1 saturated heterocycles. The summed E-state index contributed by atoms with van der Waals surface area (Å²) in [6.45, 7) is 6.28. The lowest BCUT2D eigenvalue weighted by molar-refractivity contribution is -0.121. The lowest BCUT2D eigenvalue weighted by atomic mass is 10.0. The number of ether oxygens (including phenoxy) is 1. The highest BCUT2D eigenvalue weighted by molar-refractivity contribution is 7.10. The standard InChI is InChI=1S/C19H24N2O2S/c1-15-4-6-16(7-5-15)18(14-21-8-10-23-11-9-21)20-19(22)13-17-3-2-12-24-17/h2-7,12,18H,8-11,13-14H2,1H3,(H,20,22)/t18-/m1/s1. The summed E-state index contributed by atoms with van der Waals surface area (Å²) in [7, 11) is 0. The van der Waals surface area contributed by atoms with E-state index in [0.717, 1.165) is 43.3 Å². The van der Waals surface area contributed by atoms with E-state index < -0.39 is 0 Å². The van der Waals surface area contributed by atoms with Crippen molar-refractivity contribution in [1.29, 1.82) is 0 Å². The second-order valence-electron chi connectivity index (χ2n) is 6.20. The van der Waals surface area contributed by atoms with Gasteiger partial charge in [0.05, 0.1) is 25.7 Å². The fourth-order valence-corrected chi connectivity index (χ4v) is 3.60. The molecule has 1 atom stereocenters. The Morgan fingerprint density at radius 3 is 2.67 bits per heavy atom. The molecule has 0 aliphatic carbocycles. The Hall–Kier alpha value is -1.69. The third kappa shape index (κ3) is 4.90. The number of nitrogens with one attached hydrogen (secondary N) is 1. The molecule has 2 heterocycles. The van der Waals surface area contributed by atoms with E-state index in [-0.39, 0.29) is 11.9 Å². The molecular weight excluding hydrogens is 320 g/mol. The fraction of sp³-hybridized carbons (Fsp3) is 0.421. The van der Waals surface area contributed by atoms with Crippen LogP contribution in [0.25, 0.3) is 0 Å². The van der Waals surface area contributed by atoms with E-state index in [1.807, 2.05) is 17.5 Å². The molecule has 1 amide bonds. The molecule has 0 bridgehead atoms. The number of nitrogens with zero attached hydrogens (tertiary/aromatic N) is 1. The van der Waals surface area contributed by atoms with Crippen molar-refractivity contribution in [2.24, 2.45) is 0 Å². The average molecular weight is 344 g/mol. The van der Waals surface area contributed by atoms with Crippen LogP contribution in [0.2, 0.25) is 0 Å². The van der Waals surface area contributed by atoms with Gasteiger partial charge in [-0.15, -0.1) is 11.3 Å². The molecule has 1 aliphatic rings. The molecule has 1 N–H and O–H groups in total. The van der Waals surface area contributed by atoms with Crippen molar-refractivity contribution >= 4 is 17.2 Å². The van der Waals surface area contributed by atoms with E-state index in [1.165, 1.54) is 5.56 Å². The van der Waals surface area contributed by atoms with Gasteiger partial charge in [-0.25, -0.2) is 0 Å². The fourth-order valence-electron chi connectivity index (χ4n) is 2.89. The molecule has 0 unspecified atom stereocenters. The summed E-state index contributed by atoms with van der Waals surface area (Å²) in [6, 6.07) is 12.4. The van der Waals surface area contributed by atoms with Gasteiger partial charge in [0.25, 0.3) is 0 Å². The number of thiophene rings is 1. The van der Waals surface area contributed by atoms with Crippen LogP contribution < -0.4 is 5.32 Å². The largest absolute Gasteiger partial charge is 0.379 e. The number of carbonyl (C=O) groups is 1. The van der Waals surface area contributed by atoms with Gasteiger partial charge >= 0.3 is 0 Å². The molecule has 128 valence electrons. The van der Waals surface area contributed by atoms with Crippen LogP contribution in [0.3, 0.4) is 0 Å². The number of rotatable bonds is 6. The maximum Gasteiger partial charge on any atom is 0.225 e. The Bertz CT molecular complexity index is 634. The molecule has 1 aromatic heterocycles. The quantitative estimate of drug-likeness (QED) is 0.876. The smallest absolute Gasteiger partial charge is 0.225 e. The predicted octanol–water partition coefficient (Wildman–Crippen LogP) is 2.79. The molecule has 1 fully saturated rings. The minimum atomic E-state index is 0.0103. The van der Waals surface area contributed by atoms with Crippen molar-refractivity contribution in [1.82, 2.24) is 10.2 Å². The van der Waals surface area contributed by atoms with Crippen LogP contribution >= 0.6 is 11.3 Å². The number of morpholine rings is 1. The van der Waals surface area contributed by atoms with E-state index >= 15 is 0 Å². The highest BCUT2D eigenvalue weighted by atomic mass is 32.1. The summed E-state index contributed by atoms with van der Waals surface area (Å²) in [5, 5.41) is 5.23. The molecule has 0 radical (unpaired) electrons. The first kappa shape index (κ1) is 17.1. The molecule has 1 aromatic carbocycles. The van der Waals surface area contributed by atoms with Crippen molar-refractivity contribution < 1.29 is 9.53 Å². The van der Waals surface area contributed by atoms with Gasteiger partial charge < -0.3 is 10.1 Å². The molecule has 3 rings (SSSR count). The topological polar surface area (TPSA) is 41.6 Å². The van der Waals surface area contributed by atoms with Crippen LogP contribution in [0.4, 0.5) is 0 Å². The first-order valence-electron chi connectivity index (χ1n) is 8.39. The lowest BCUT2D eigenvalue weighted by Gasteiger charge is -2.31. The van der Waals surface area contributed by atoms with Crippen molar-refractivity contribution in [3.63, 3.8) is 0 Å². The van der Waals surface area contributed by atoms with Gasteiger partial charge in [-0.3, -0.25) is 9.69 Å². The van der Waals surface area contributed by atoms with Gasteiger partial charge in [-0.1, -0.05) is 35.9 Å². The summed E-state index contributed by atoms with van der Waals surface area (Å²) in [5.74, 6) is 0.0799. The zero-order chi connectivity index (χ0) is 16.8. The Morgan fingerprint density at radius 2 is 2.00 bits per heavy atom. The summed E-state index contributed by atoms with van der Waals surface area (Å²) in [4.78, 5) is 15.9. The summed E-state index contributed by atoms with van der Waals surface area (Å²) in [6.07, 6.45) is 0.448. The van der Waals surface area contributed by atoms with Crippen LogP contribution in [-0.2, 0) is 16.0 Å². The Kier molecular flexibility index (Phi) is 6.01. The second-order valence-corrected chi connectivity index (χ2v) is 7.23. The van der Waals surface area contributed by atoms with Crippen LogP contribution in [0.5, 0.6) is 0 Å². The summed E-state index contributed by atoms with van der Waals surface area (Å²) in [5.41, 5.74) is 2.39. The van der Waals surface area contributed by atoms with Crippen LogP contribution in [0.15, 0.2) is 41.8 Å². The van der Waals surface area contributed by atoms with Gasteiger partial charge in [0.2, 0.25) is 5.91 Å². The number of amides is 1. The van der Waals surface area contributed by atoms with Crippen LogP contribution in [0.1, 0.15) is 22.0 Å². The maximum atomic E-state index is 12.5. The van der Waals surface area contributed by atoms with Gasteiger partial charge in [0.15, 0.2) is 0 Å². The third-order valence-electron chi connectivity index (χ3n) is 4.27. The van der Waals surface area contributed by atoms with E-state index in [4.69, 9.17) is 4.74 Å². The number of aryl methyl sites for hydroxylation is 1. The van der Waals surface area contributed by atoms with Crippen molar-refractivity contribution in [2.45, 2.75) is 19.4 Å². The SMILES string of the molecule is Cc1ccc([C@@H](CN2CCOCC2)NC(=O)Cc2cccs2)cc1. The first-order chi connectivity index (χ1) is 11.7. The molecule has 4 nitrogen and oxygen atoms in total. The molecule has 1 aliphatic heterocycles. The van der Waals surface area contributed by atoms with Gasteiger partial charge in [0, 0.05) is 24.5 Å². The van der Waals surface area contributed by atoms with Crippen molar-refractivity contribution in [3.05, 3.63) is 57.8 Å². The Balaban J connectivity index is 1.68. The van der Waals surface area contributed by atoms with Gasteiger partial charge in [0.1, 0.15) is 0 Å². The minimum absolute atomic E-state index is 0.0103. The Labute approximate surface area is 147 Å². The maximum absolute atomic E-state index is 12.5. The molecule has 0 saturated carbocycles. The summed E-state index contributed by atoms with van der Waals surface area (Å²) >= 11 is 1.62. The van der Waals surface area contributed by atoms with E-state index in [0.29, 0.717) is 6.42 Å². The average Bonchev–Trinajstić information content (AvgIpc) is 3.09. The molecule has 0 spiro atoms. The highest BCUT2D eigenvalue weighted by Crippen LogP contribution is 2.17. The number of benzene rings is 1. The first-order valence-corrected chi connectivity index (χ1v) is 9.27. The van der Waals surface area contributed by atoms with Crippen LogP contribution in [-0.4, -0.2) is 43.7 Å². The molecule has 24 heavy (non-hydrogen) atoms. The lowest BCUT2D eigenvalue weighted by Crippen LogP contribution is -2.43. The number of carbonyl (C=O) groups excluding carboxylic acids is 1. The normalized spacial score (nSPS) is 16.7. The molecular formula is C19H24N2O2S. The van der Waals surface area contributed by atoms with E-state index in [1.54, 1.807) is 11.3 Å². The molecule has 5 heteroatoms. The summed E-state index contributed by atoms with van der Waals surface area (Å²) < 4.78 is 5.43. The Morgan fingerprint density at radius 1 is 1.25 bits per heavy atom. The van der Waals surface area contributed by atoms with E-state index in [2.05, 4.69) is 41.4 Å². The van der Waals surface area contributed by atoms with Gasteiger partial charge in [-0.05, 0) is 23.9 Å². The van der Waals surface area contributed by atoms with E-state index in [9.17, 15) is 4.79 Å². The monoisotopic (exact) mass is 344 g/mol. The highest BCUT2D eigenvalue weighted by Gasteiger charge is 2.20. The van der Waals surface area contributed by atoms with Crippen molar-refractivity contribution in [3.8, 4) is 0 Å². The second kappa shape index (κ2) is 8.42. The van der Waals surface area contributed by atoms with Crippen LogP contribution in [0, 0.1) is 6.92 Å². The zero-order valence-electron chi connectivity index (χ0n) is 14.0. The number of hydrogen-bond donors (Lipinski definition) is 1. The van der Waals surface area contributed by atoms with Crippen molar-refractivity contribution in [2.75, 3.05) is 32.8 Å².